The third kappa shape index (κ3) is 3.14. The van der Waals surface area contributed by atoms with Crippen molar-refractivity contribution in [2.24, 2.45) is 5.41 Å². The van der Waals surface area contributed by atoms with E-state index in [1.165, 1.54) is 0 Å². The summed E-state index contributed by atoms with van der Waals surface area (Å²) in [5.41, 5.74) is 0.266. The van der Waals surface area contributed by atoms with Crippen LogP contribution in [0.2, 0.25) is 0 Å². The van der Waals surface area contributed by atoms with E-state index in [1.54, 1.807) is 0 Å². The van der Waals surface area contributed by atoms with Gasteiger partial charge >= 0.3 is 0 Å². The fourth-order valence-corrected chi connectivity index (χ4v) is 1.49. The van der Waals surface area contributed by atoms with Crippen LogP contribution in [0.25, 0.3) is 0 Å². The molecule has 1 atom stereocenters. The number of nitrogens with zero attached hydrogens (tertiary/aromatic N) is 2. The molecule has 0 saturated carbocycles. The summed E-state index contributed by atoms with van der Waals surface area (Å²) in [7, 11) is 0. The second-order valence-electron chi connectivity index (χ2n) is 4.70. The molecular formula is C11H21N3. The van der Waals surface area contributed by atoms with Gasteiger partial charge in [-0.3, -0.25) is 4.68 Å². The Bertz CT molecular complexity index is 246. The molecule has 80 valence electrons. The molecule has 1 unspecified atom stereocenters. The highest BCUT2D eigenvalue weighted by molar-refractivity contribution is 4.84. The molecule has 1 aromatic heterocycles. The standard InChI is InChI=1S/C11H21N3/c1-5-12-10(11(2,3)4)9-14-8-6-7-13-14/h6-8,10,12H,5,9H2,1-4H3. The van der Waals surface area contributed by atoms with Gasteiger partial charge in [0.1, 0.15) is 0 Å². The van der Waals surface area contributed by atoms with E-state index in [9.17, 15) is 0 Å². The number of aromatic nitrogens is 2. The summed E-state index contributed by atoms with van der Waals surface area (Å²) in [6.07, 6.45) is 3.84. The predicted octanol–water partition coefficient (Wildman–Crippen LogP) is 1.91. The third-order valence-corrected chi connectivity index (χ3v) is 2.42. The van der Waals surface area contributed by atoms with Gasteiger partial charge in [0, 0.05) is 18.4 Å². The van der Waals surface area contributed by atoms with Crippen LogP contribution in [-0.2, 0) is 6.54 Å². The number of likely N-dealkylation sites (N-methyl/N-ethyl adjacent to an activating group) is 1. The quantitative estimate of drug-likeness (QED) is 0.795. The van der Waals surface area contributed by atoms with Gasteiger partial charge in [-0.15, -0.1) is 0 Å². The Labute approximate surface area is 86.5 Å². The van der Waals surface area contributed by atoms with Crippen LogP contribution in [0.5, 0.6) is 0 Å². The van der Waals surface area contributed by atoms with Crippen molar-refractivity contribution in [1.29, 1.82) is 0 Å². The van der Waals surface area contributed by atoms with Crippen LogP contribution in [0.15, 0.2) is 18.5 Å². The second kappa shape index (κ2) is 4.60. The first-order chi connectivity index (χ1) is 6.54. The lowest BCUT2D eigenvalue weighted by atomic mass is 9.86. The smallest absolute Gasteiger partial charge is 0.0567 e. The number of nitrogens with one attached hydrogen (secondary N) is 1. The van der Waals surface area contributed by atoms with Crippen molar-refractivity contribution in [2.45, 2.75) is 40.3 Å². The Hall–Kier alpha value is -0.830. The van der Waals surface area contributed by atoms with Crippen LogP contribution < -0.4 is 5.32 Å². The number of hydrogen-bond acceptors (Lipinski definition) is 2. The van der Waals surface area contributed by atoms with Crippen molar-refractivity contribution in [3.8, 4) is 0 Å². The average Bonchev–Trinajstić information content (AvgIpc) is 2.54. The molecule has 0 aromatic carbocycles. The lowest BCUT2D eigenvalue weighted by Gasteiger charge is -2.31. The van der Waals surface area contributed by atoms with E-state index in [2.05, 4.69) is 38.1 Å². The Kier molecular flexibility index (Phi) is 3.69. The lowest BCUT2D eigenvalue weighted by Crippen LogP contribution is -2.43. The highest BCUT2D eigenvalue weighted by atomic mass is 15.3. The van der Waals surface area contributed by atoms with Crippen LogP contribution in [0.3, 0.4) is 0 Å². The Morgan fingerprint density at radius 3 is 2.57 bits per heavy atom. The largest absolute Gasteiger partial charge is 0.312 e. The lowest BCUT2D eigenvalue weighted by molar-refractivity contribution is 0.239. The van der Waals surface area contributed by atoms with Crippen LogP contribution >= 0.6 is 0 Å². The maximum atomic E-state index is 4.23. The van der Waals surface area contributed by atoms with Gasteiger partial charge in [0.25, 0.3) is 0 Å². The molecule has 0 aliphatic rings. The molecule has 3 heteroatoms. The Morgan fingerprint density at radius 2 is 2.14 bits per heavy atom. The third-order valence-electron chi connectivity index (χ3n) is 2.42. The zero-order valence-corrected chi connectivity index (χ0v) is 9.62. The van der Waals surface area contributed by atoms with Gasteiger partial charge in [0.05, 0.1) is 6.54 Å². The molecule has 3 nitrogen and oxygen atoms in total. The average molecular weight is 195 g/mol. The van der Waals surface area contributed by atoms with E-state index in [1.807, 2.05) is 23.1 Å². The van der Waals surface area contributed by atoms with E-state index in [0.29, 0.717) is 6.04 Å². The van der Waals surface area contributed by atoms with Gasteiger partial charge in [0.2, 0.25) is 0 Å². The summed E-state index contributed by atoms with van der Waals surface area (Å²) in [4.78, 5) is 0. The first kappa shape index (κ1) is 11.2. The van der Waals surface area contributed by atoms with Crippen molar-refractivity contribution in [1.82, 2.24) is 15.1 Å². The van der Waals surface area contributed by atoms with E-state index < -0.39 is 0 Å². The first-order valence-corrected chi connectivity index (χ1v) is 5.25. The Morgan fingerprint density at radius 1 is 1.43 bits per heavy atom. The summed E-state index contributed by atoms with van der Waals surface area (Å²) in [5, 5.41) is 7.73. The fourth-order valence-electron chi connectivity index (χ4n) is 1.49. The molecule has 0 aliphatic heterocycles. The molecular weight excluding hydrogens is 174 g/mol. The molecule has 0 radical (unpaired) electrons. The van der Waals surface area contributed by atoms with Crippen LogP contribution in [0.4, 0.5) is 0 Å². The van der Waals surface area contributed by atoms with Crippen molar-refractivity contribution in [3.63, 3.8) is 0 Å². The molecule has 1 N–H and O–H groups in total. The summed E-state index contributed by atoms with van der Waals surface area (Å²) < 4.78 is 1.98. The molecule has 1 rings (SSSR count). The van der Waals surface area contributed by atoms with E-state index >= 15 is 0 Å². The molecule has 0 bridgehead atoms. The minimum Gasteiger partial charge on any atom is -0.312 e. The van der Waals surface area contributed by atoms with Crippen molar-refractivity contribution in [3.05, 3.63) is 18.5 Å². The molecule has 0 saturated heterocycles. The van der Waals surface area contributed by atoms with Crippen LogP contribution in [-0.4, -0.2) is 22.4 Å². The number of hydrogen-bond donors (Lipinski definition) is 1. The van der Waals surface area contributed by atoms with Crippen molar-refractivity contribution < 1.29 is 0 Å². The van der Waals surface area contributed by atoms with E-state index in [-0.39, 0.29) is 5.41 Å². The maximum absolute atomic E-state index is 4.23. The van der Waals surface area contributed by atoms with Gasteiger partial charge < -0.3 is 5.32 Å². The molecule has 14 heavy (non-hydrogen) atoms. The maximum Gasteiger partial charge on any atom is 0.0567 e. The zero-order chi connectivity index (χ0) is 10.6. The molecule has 0 fully saturated rings. The highest BCUT2D eigenvalue weighted by Gasteiger charge is 2.23. The molecule has 1 aromatic rings. The summed E-state index contributed by atoms with van der Waals surface area (Å²) in [5.74, 6) is 0. The van der Waals surface area contributed by atoms with Gasteiger partial charge in [-0.2, -0.15) is 5.10 Å². The molecule has 0 spiro atoms. The Balaban J connectivity index is 2.60. The predicted molar refractivity (Wildman–Crippen MR) is 59.1 cm³/mol. The second-order valence-corrected chi connectivity index (χ2v) is 4.70. The fraction of sp³-hybridized carbons (Fsp3) is 0.727. The van der Waals surface area contributed by atoms with Crippen LogP contribution in [0.1, 0.15) is 27.7 Å². The van der Waals surface area contributed by atoms with Gasteiger partial charge in [-0.25, -0.2) is 0 Å². The summed E-state index contributed by atoms with van der Waals surface area (Å²) in [6.45, 7) is 10.8. The minimum absolute atomic E-state index is 0.266. The normalized spacial score (nSPS) is 14.3. The monoisotopic (exact) mass is 195 g/mol. The zero-order valence-electron chi connectivity index (χ0n) is 9.62. The van der Waals surface area contributed by atoms with E-state index in [0.717, 1.165) is 13.1 Å². The summed E-state index contributed by atoms with van der Waals surface area (Å²) in [6, 6.07) is 2.43. The minimum atomic E-state index is 0.266. The van der Waals surface area contributed by atoms with Crippen molar-refractivity contribution >= 4 is 0 Å². The molecule has 1 heterocycles. The van der Waals surface area contributed by atoms with Gasteiger partial charge in [0.15, 0.2) is 0 Å². The van der Waals surface area contributed by atoms with Gasteiger partial charge in [-0.05, 0) is 18.0 Å². The van der Waals surface area contributed by atoms with E-state index in [4.69, 9.17) is 0 Å². The first-order valence-electron chi connectivity index (χ1n) is 5.25. The summed E-state index contributed by atoms with van der Waals surface area (Å²) >= 11 is 0. The number of rotatable bonds is 4. The van der Waals surface area contributed by atoms with Gasteiger partial charge in [-0.1, -0.05) is 27.7 Å². The molecule has 0 aliphatic carbocycles. The molecule has 0 amide bonds. The van der Waals surface area contributed by atoms with Crippen molar-refractivity contribution in [2.75, 3.05) is 6.54 Å². The van der Waals surface area contributed by atoms with Crippen LogP contribution in [0, 0.1) is 5.41 Å². The topological polar surface area (TPSA) is 29.9 Å². The SMILES string of the molecule is CCNC(Cn1cccn1)C(C)(C)C. The highest BCUT2D eigenvalue weighted by Crippen LogP contribution is 2.20.